The number of ether oxygens (including phenoxy) is 1. The van der Waals surface area contributed by atoms with Gasteiger partial charge in [0.15, 0.2) is 5.76 Å². The smallest absolute Gasteiger partial charge is 0.341 e. The summed E-state index contributed by atoms with van der Waals surface area (Å²) in [6.07, 6.45) is 0. The van der Waals surface area contributed by atoms with Crippen LogP contribution in [0, 0.1) is 5.82 Å². The third kappa shape index (κ3) is 3.10. The minimum atomic E-state index is -1.16. The lowest BCUT2D eigenvalue weighted by molar-refractivity contribution is 0.0688. The van der Waals surface area contributed by atoms with Crippen molar-refractivity contribution in [2.45, 2.75) is 6.61 Å². The van der Waals surface area contributed by atoms with Crippen molar-refractivity contribution >= 4 is 18.4 Å². The van der Waals surface area contributed by atoms with Crippen molar-refractivity contribution in [3.05, 3.63) is 41.4 Å². The van der Waals surface area contributed by atoms with E-state index >= 15 is 0 Å². The Bertz CT molecular complexity index is 568. The van der Waals surface area contributed by atoms with Gasteiger partial charge < -0.3 is 14.4 Å². The standard InChI is InChI=1S/C12H10FNO4.ClH/c1-17-6-9-10(12(15)16)11(14-18-9)7-2-4-8(13)5-3-7;/h2-5H,6H2,1H3,(H,15,16);1H. The summed E-state index contributed by atoms with van der Waals surface area (Å²) in [4.78, 5) is 11.2. The van der Waals surface area contributed by atoms with Crippen molar-refractivity contribution in [2.24, 2.45) is 0 Å². The van der Waals surface area contributed by atoms with E-state index in [2.05, 4.69) is 5.16 Å². The van der Waals surface area contributed by atoms with Crippen LogP contribution in [0.2, 0.25) is 0 Å². The Hall–Kier alpha value is -1.92. The van der Waals surface area contributed by atoms with E-state index in [-0.39, 0.29) is 36.0 Å². The third-order valence-corrected chi connectivity index (χ3v) is 2.37. The molecular weight excluding hydrogens is 277 g/mol. The van der Waals surface area contributed by atoms with Crippen LogP contribution in [0.4, 0.5) is 4.39 Å². The molecule has 0 bridgehead atoms. The number of aromatic carboxylic acids is 1. The molecule has 0 aliphatic heterocycles. The van der Waals surface area contributed by atoms with Crippen LogP contribution in [-0.4, -0.2) is 23.3 Å². The molecule has 0 unspecified atom stereocenters. The second-order valence-electron chi connectivity index (χ2n) is 3.57. The van der Waals surface area contributed by atoms with Gasteiger partial charge in [0.2, 0.25) is 0 Å². The molecule has 19 heavy (non-hydrogen) atoms. The molecule has 1 N–H and O–H groups in total. The van der Waals surface area contributed by atoms with Crippen molar-refractivity contribution in [3.8, 4) is 11.3 Å². The molecule has 0 radical (unpaired) electrons. The molecule has 0 fully saturated rings. The zero-order valence-electron chi connectivity index (χ0n) is 9.92. The fraction of sp³-hybridized carbons (Fsp3) is 0.167. The van der Waals surface area contributed by atoms with Gasteiger partial charge in [0.25, 0.3) is 0 Å². The topological polar surface area (TPSA) is 72.6 Å². The monoisotopic (exact) mass is 287 g/mol. The highest BCUT2D eigenvalue weighted by Crippen LogP contribution is 2.26. The first-order valence-corrected chi connectivity index (χ1v) is 5.10. The molecule has 0 saturated heterocycles. The largest absolute Gasteiger partial charge is 0.477 e. The van der Waals surface area contributed by atoms with Crippen LogP contribution in [0.5, 0.6) is 0 Å². The number of rotatable bonds is 4. The summed E-state index contributed by atoms with van der Waals surface area (Å²) in [7, 11) is 1.42. The molecule has 1 aromatic heterocycles. The first-order chi connectivity index (χ1) is 8.63. The second-order valence-corrected chi connectivity index (χ2v) is 3.57. The fourth-order valence-corrected chi connectivity index (χ4v) is 1.58. The summed E-state index contributed by atoms with van der Waals surface area (Å²) >= 11 is 0. The van der Waals surface area contributed by atoms with E-state index in [9.17, 15) is 9.18 Å². The zero-order chi connectivity index (χ0) is 13.1. The highest BCUT2D eigenvalue weighted by molar-refractivity contribution is 5.95. The fourth-order valence-electron chi connectivity index (χ4n) is 1.58. The highest BCUT2D eigenvalue weighted by atomic mass is 35.5. The van der Waals surface area contributed by atoms with Gasteiger partial charge in [-0.05, 0) is 24.3 Å². The van der Waals surface area contributed by atoms with Crippen LogP contribution in [0.3, 0.4) is 0 Å². The van der Waals surface area contributed by atoms with E-state index in [4.69, 9.17) is 14.4 Å². The van der Waals surface area contributed by atoms with Crippen LogP contribution >= 0.6 is 12.4 Å². The molecule has 2 aromatic rings. The molecule has 1 heterocycles. The number of hydrogen-bond donors (Lipinski definition) is 1. The van der Waals surface area contributed by atoms with E-state index < -0.39 is 11.8 Å². The number of aromatic nitrogens is 1. The van der Waals surface area contributed by atoms with Crippen molar-refractivity contribution in [2.75, 3.05) is 7.11 Å². The molecule has 0 amide bonds. The second kappa shape index (κ2) is 6.31. The van der Waals surface area contributed by atoms with Gasteiger partial charge in [-0.25, -0.2) is 9.18 Å². The maximum absolute atomic E-state index is 12.8. The first kappa shape index (κ1) is 15.1. The lowest BCUT2D eigenvalue weighted by Crippen LogP contribution is -2.02. The first-order valence-electron chi connectivity index (χ1n) is 5.10. The van der Waals surface area contributed by atoms with Gasteiger partial charge in [0.05, 0.1) is 0 Å². The molecule has 2 rings (SSSR count). The number of hydrogen-bond acceptors (Lipinski definition) is 4. The lowest BCUT2D eigenvalue weighted by Gasteiger charge is -1.99. The summed E-state index contributed by atoms with van der Waals surface area (Å²) in [5.74, 6) is -1.44. The van der Waals surface area contributed by atoms with Crippen LogP contribution in [0.25, 0.3) is 11.3 Å². The van der Waals surface area contributed by atoms with Gasteiger partial charge in [0, 0.05) is 12.7 Å². The van der Waals surface area contributed by atoms with Gasteiger partial charge in [-0.15, -0.1) is 12.4 Å². The number of nitrogens with zero attached hydrogens (tertiary/aromatic N) is 1. The Kier molecular flexibility index (Phi) is 5.02. The summed E-state index contributed by atoms with van der Waals surface area (Å²) in [6.45, 7) is 0.00975. The predicted molar refractivity (Wildman–Crippen MR) is 66.8 cm³/mol. The summed E-state index contributed by atoms with van der Waals surface area (Å²) in [6, 6.07) is 5.34. The Balaban J connectivity index is 0.00000180. The Morgan fingerprint density at radius 1 is 1.42 bits per heavy atom. The molecule has 0 aliphatic carbocycles. The van der Waals surface area contributed by atoms with Gasteiger partial charge in [-0.2, -0.15) is 0 Å². The van der Waals surface area contributed by atoms with Gasteiger partial charge in [0.1, 0.15) is 23.7 Å². The molecule has 5 nitrogen and oxygen atoms in total. The molecule has 0 atom stereocenters. The minimum absolute atomic E-state index is 0. The van der Waals surface area contributed by atoms with E-state index in [0.29, 0.717) is 5.56 Å². The summed E-state index contributed by atoms with van der Waals surface area (Å²) in [5, 5.41) is 12.8. The maximum atomic E-state index is 12.8. The Morgan fingerprint density at radius 3 is 2.58 bits per heavy atom. The van der Waals surface area contributed by atoms with E-state index in [1.807, 2.05) is 0 Å². The molecule has 0 spiro atoms. The van der Waals surface area contributed by atoms with Crippen LogP contribution in [0.1, 0.15) is 16.1 Å². The Labute approximate surface area is 114 Å². The Morgan fingerprint density at radius 2 is 2.05 bits per heavy atom. The van der Waals surface area contributed by atoms with Crippen molar-refractivity contribution in [3.63, 3.8) is 0 Å². The number of carbonyl (C=O) groups is 1. The van der Waals surface area contributed by atoms with E-state index in [1.165, 1.54) is 31.4 Å². The van der Waals surface area contributed by atoms with Crippen LogP contribution in [0.15, 0.2) is 28.8 Å². The minimum Gasteiger partial charge on any atom is -0.477 e. The average Bonchev–Trinajstić information content (AvgIpc) is 2.74. The molecule has 0 aliphatic rings. The summed E-state index contributed by atoms with van der Waals surface area (Å²) in [5.41, 5.74) is 0.568. The lowest BCUT2D eigenvalue weighted by atomic mass is 10.1. The molecule has 0 saturated carbocycles. The van der Waals surface area contributed by atoms with Crippen LogP contribution < -0.4 is 0 Å². The molecule has 7 heteroatoms. The number of halogens is 2. The summed E-state index contributed by atoms with van der Waals surface area (Å²) < 4.78 is 22.6. The zero-order valence-corrected chi connectivity index (χ0v) is 10.7. The predicted octanol–water partition coefficient (Wildman–Crippen LogP) is 2.75. The average molecular weight is 288 g/mol. The number of carboxylic acids is 1. The van der Waals surface area contributed by atoms with Gasteiger partial charge >= 0.3 is 5.97 Å². The maximum Gasteiger partial charge on any atom is 0.341 e. The molecule has 102 valence electrons. The van der Waals surface area contributed by atoms with E-state index in [0.717, 1.165) is 0 Å². The van der Waals surface area contributed by atoms with Gasteiger partial charge in [-0.3, -0.25) is 0 Å². The number of benzene rings is 1. The van der Waals surface area contributed by atoms with Crippen molar-refractivity contribution in [1.29, 1.82) is 0 Å². The van der Waals surface area contributed by atoms with Crippen molar-refractivity contribution < 1.29 is 23.6 Å². The highest BCUT2D eigenvalue weighted by Gasteiger charge is 2.23. The quantitative estimate of drug-likeness (QED) is 0.936. The number of carboxylic acid groups (broad SMARTS) is 1. The van der Waals surface area contributed by atoms with Gasteiger partial charge in [-0.1, -0.05) is 5.16 Å². The van der Waals surface area contributed by atoms with E-state index in [1.54, 1.807) is 0 Å². The SMILES string of the molecule is COCc1onc(-c2ccc(F)cc2)c1C(=O)O.Cl. The molecule has 1 aromatic carbocycles. The third-order valence-electron chi connectivity index (χ3n) is 2.37. The molecular formula is C12H11ClFNO4. The number of methoxy groups -OCH3 is 1. The normalized spacial score (nSPS) is 10.0. The van der Waals surface area contributed by atoms with Crippen LogP contribution in [-0.2, 0) is 11.3 Å². The van der Waals surface area contributed by atoms with Crippen molar-refractivity contribution in [1.82, 2.24) is 5.16 Å².